The van der Waals surface area contributed by atoms with E-state index in [1.54, 1.807) is 24.3 Å². The Labute approximate surface area is 86.7 Å². The van der Waals surface area contributed by atoms with E-state index in [0.29, 0.717) is 5.75 Å². The summed E-state index contributed by atoms with van der Waals surface area (Å²) in [6, 6.07) is 8.90. The number of ether oxygens (including phenoxy) is 1. The Balaban J connectivity index is 0.000000423. The first-order valence-corrected chi connectivity index (χ1v) is 3.99. The van der Waals surface area contributed by atoms with Crippen molar-refractivity contribution < 1.29 is 19.4 Å². The molecule has 0 atom stereocenters. The van der Waals surface area contributed by atoms with Crippen LogP contribution in [0.1, 0.15) is 0 Å². The summed E-state index contributed by atoms with van der Waals surface area (Å²) in [5.41, 5.74) is 4.03. The molecule has 6 nitrogen and oxygen atoms in total. The molecule has 0 aliphatic rings. The number of hydrogen-bond acceptors (Lipinski definition) is 3. The highest BCUT2D eigenvalue weighted by molar-refractivity contribution is 5.69. The first-order chi connectivity index (χ1) is 7.06. The molecule has 0 aliphatic carbocycles. The molecule has 1 aromatic carbocycles. The van der Waals surface area contributed by atoms with Crippen LogP contribution in [0.4, 0.5) is 9.59 Å². The van der Waals surface area contributed by atoms with E-state index in [1.165, 1.54) is 7.05 Å². The molecule has 82 valence electrons. The summed E-state index contributed by atoms with van der Waals surface area (Å²) in [6.07, 6.45) is -1.78. The standard InChI is InChI=1S/C8H9NO2.CH3NO2/c1-9-8(10)11-7-5-3-2-4-6-7;2-1(3)4/h2-6H,1H3,(H,9,10);2H2,(H,3,4). The van der Waals surface area contributed by atoms with Gasteiger partial charge in [-0.05, 0) is 12.1 Å². The second kappa shape index (κ2) is 7.19. The highest BCUT2D eigenvalue weighted by atomic mass is 16.5. The molecule has 0 saturated carbocycles. The van der Waals surface area contributed by atoms with Gasteiger partial charge in [-0.25, -0.2) is 9.59 Å². The van der Waals surface area contributed by atoms with E-state index in [0.717, 1.165) is 0 Å². The average Bonchev–Trinajstić information content (AvgIpc) is 2.18. The number of hydrogen-bond donors (Lipinski definition) is 3. The van der Waals surface area contributed by atoms with Crippen molar-refractivity contribution in [3.63, 3.8) is 0 Å². The zero-order chi connectivity index (χ0) is 11.7. The van der Waals surface area contributed by atoms with Gasteiger partial charge in [-0.15, -0.1) is 0 Å². The highest BCUT2D eigenvalue weighted by Crippen LogP contribution is 2.07. The summed E-state index contributed by atoms with van der Waals surface area (Å²) in [5.74, 6) is 0.548. The molecule has 4 N–H and O–H groups in total. The number of nitrogens with one attached hydrogen (secondary N) is 1. The number of carboxylic acid groups (broad SMARTS) is 1. The summed E-state index contributed by atoms with van der Waals surface area (Å²) >= 11 is 0. The Kier molecular flexibility index (Phi) is 6.12. The minimum Gasteiger partial charge on any atom is -0.465 e. The monoisotopic (exact) mass is 212 g/mol. The summed E-state index contributed by atoms with van der Waals surface area (Å²) in [4.78, 5) is 19.4. The molecular weight excluding hydrogens is 200 g/mol. The molecule has 0 fully saturated rings. The maximum Gasteiger partial charge on any atom is 0.412 e. The summed E-state index contributed by atoms with van der Waals surface area (Å²) in [5, 5.41) is 9.55. The minimum atomic E-state index is -1.33. The van der Waals surface area contributed by atoms with Crippen LogP contribution in [0.15, 0.2) is 30.3 Å². The van der Waals surface area contributed by atoms with Crippen molar-refractivity contribution in [2.45, 2.75) is 0 Å². The largest absolute Gasteiger partial charge is 0.465 e. The normalized spacial score (nSPS) is 8.07. The van der Waals surface area contributed by atoms with Gasteiger partial charge in [0.05, 0.1) is 0 Å². The molecule has 1 aromatic rings. The number of benzene rings is 1. The van der Waals surface area contributed by atoms with Gasteiger partial charge in [0.2, 0.25) is 0 Å². The van der Waals surface area contributed by atoms with Crippen molar-refractivity contribution in [3.8, 4) is 5.75 Å². The Morgan fingerprint density at radius 2 is 1.80 bits per heavy atom. The maximum absolute atomic E-state index is 10.6. The van der Waals surface area contributed by atoms with E-state index < -0.39 is 12.2 Å². The van der Waals surface area contributed by atoms with Crippen LogP contribution in [0.25, 0.3) is 0 Å². The predicted octanol–water partition coefficient (Wildman–Crippen LogP) is 1.03. The molecule has 0 radical (unpaired) electrons. The third kappa shape index (κ3) is 8.10. The van der Waals surface area contributed by atoms with E-state index in [2.05, 4.69) is 11.1 Å². The minimum absolute atomic E-state index is 0.448. The molecule has 0 unspecified atom stereocenters. The SMILES string of the molecule is CNC(=O)Oc1ccccc1.NC(=O)O. The first-order valence-electron chi connectivity index (χ1n) is 3.99. The first kappa shape index (κ1) is 12.8. The van der Waals surface area contributed by atoms with Crippen molar-refractivity contribution >= 4 is 12.2 Å². The van der Waals surface area contributed by atoms with Crippen molar-refractivity contribution in [3.05, 3.63) is 30.3 Å². The Bertz CT molecular complexity index is 309. The summed E-state index contributed by atoms with van der Waals surface area (Å²) in [6.45, 7) is 0. The Morgan fingerprint density at radius 3 is 2.20 bits per heavy atom. The predicted molar refractivity (Wildman–Crippen MR) is 53.7 cm³/mol. The molecule has 15 heavy (non-hydrogen) atoms. The van der Waals surface area contributed by atoms with E-state index in [1.807, 2.05) is 6.07 Å². The third-order valence-corrected chi connectivity index (χ3v) is 1.16. The zero-order valence-corrected chi connectivity index (χ0v) is 8.14. The molecule has 0 heterocycles. The van der Waals surface area contributed by atoms with E-state index in [9.17, 15) is 4.79 Å². The topological polar surface area (TPSA) is 102 Å². The van der Waals surface area contributed by atoms with Gasteiger partial charge in [-0.1, -0.05) is 18.2 Å². The van der Waals surface area contributed by atoms with Gasteiger partial charge in [0.15, 0.2) is 0 Å². The fraction of sp³-hybridized carbons (Fsp3) is 0.111. The lowest BCUT2D eigenvalue weighted by Crippen LogP contribution is -2.21. The van der Waals surface area contributed by atoms with Crippen LogP contribution in [0.3, 0.4) is 0 Å². The summed E-state index contributed by atoms with van der Waals surface area (Å²) in [7, 11) is 1.52. The molecule has 0 saturated heterocycles. The van der Waals surface area contributed by atoms with Gasteiger partial charge in [0.1, 0.15) is 5.75 Å². The highest BCUT2D eigenvalue weighted by Gasteiger charge is 1.97. The maximum atomic E-state index is 10.6. The van der Waals surface area contributed by atoms with Gasteiger partial charge in [0, 0.05) is 7.05 Å². The lowest BCUT2D eigenvalue weighted by molar-refractivity contribution is 0.202. The molecule has 0 spiro atoms. The number of nitrogens with two attached hydrogens (primary N) is 1. The molecule has 0 aliphatic heterocycles. The van der Waals surface area contributed by atoms with Crippen molar-refractivity contribution in [1.29, 1.82) is 0 Å². The van der Waals surface area contributed by atoms with Crippen LogP contribution < -0.4 is 15.8 Å². The number of para-hydroxylation sites is 1. The van der Waals surface area contributed by atoms with E-state index in [4.69, 9.17) is 14.6 Å². The molecule has 1 rings (SSSR count). The van der Waals surface area contributed by atoms with Gasteiger partial charge >= 0.3 is 12.2 Å². The molecule has 0 aromatic heterocycles. The fourth-order valence-electron chi connectivity index (χ4n) is 0.647. The Hall–Kier alpha value is -2.24. The number of carbonyl (C=O) groups excluding carboxylic acids is 1. The van der Waals surface area contributed by atoms with Crippen molar-refractivity contribution in [2.75, 3.05) is 7.05 Å². The van der Waals surface area contributed by atoms with Gasteiger partial charge < -0.3 is 20.9 Å². The molecule has 0 bridgehead atoms. The lowest BCUT2D eigenvalue weighted by Gasteiger charge is -2.00. The summed E-state index contributed by atoms with van der Waals surface area (Å²) < 4.78 is 4.81. The number of primary amides is 1. The second-order valence-corrected chi connectivity index (χ2v) is 2.29. The smallest absolute Gasteiger partial charge is 0.412 e. The zero-order valence-electron chi connectivity index (χ0n) is 8.14. The van der Waals surface area contributed by atoms with Crippen LogP contribution in [0.2, 0.25) is 0 Å². The van der Waals surface area contributed by atoms with Crippen molar-refractivity contribution in [2.24, 2.45) is 5.73 Å². The van der Waals surface area contributed by atoms with E-state index in [-0.39, 0.29) is 0 Å². The number of carbonyl (C=O) groups is 2. The average molecular weight is 212 g/mol. The number of rotatable bonds is 1. The van der Waals surface area contributed by atoms with Crippen LogP contribution in [0, 0.1) is 0 Å². The van der Waals surface area contributed by atoms with Crippen LogP contribution in [-0.4, -0.2) is 24.3 Å². The van der Waals surface area contributed by atoms with Crippen molar-refractivity contribution in [1.82, 2.24) is 5.32 Å². The van der Waals surface area contributed by atoms with E-state index >= 15 is 0 Å². The molecule has 2 amide bonds. The van der Waals surface area contributed by atoms with Crippen LogP contribution in [0.5, 0.6) is 5.75 Å². The van der Waals surface area contributed by atoms with Gasteiger partial charge in [0.25, 0.3) is 0 Å². The second-order valence-electron chi connectivity index (χ2n) is 2.29. The van der Waals surface area contributed by atoms with Gasteiger partial charge in [-0.2, -0.15) is 0 Å². The third-order valence-electron chi connectivity index (χ3n) is 1.16. The molecular formula is C9H12N2O4. The van der Waals surface area contributed by atoms with Crippen LogP contribution in [-0.2, 0) is 0 Å². The number of amides is 2. The quantitative estimate of drug-likeness (QED) is 0.646. The fourth-order valence-corrected chi connectivity index (χ4v) is 0.647. The molecule has 6 heteroatoms. The lowest BCUT2D eigenvalue weighted by atomic mass is 10.3. The Morgan fingerprint density at radius 1 is 1.33 bits per heavy atom. The van der Waals surface area contributed by atoms with Crippen LogP contribution >= 0.6 is 0 Å². The van der Waals surface area contributed by atoms with Gasteiger partial charge in [-0.3, -0.25) is 0 Å².